The van der Waals surface area contributed by atoms with E-state index in [9.17, 15) is 9.90 Å². The third-order valence-electron chi connectivity index (χ3n) is 4.85. The van der Waals surface area contributed by atoms with Gasteiger partial charge in [-0.15, -0.1) is 11.3 Å². The minimum atomic E-state index is -0.267. The van der Waals surface area contributed by atoms with E-state index in [1.54, 1.807) is 4.90 Å². The summed E-state index contributed by atoms with van der Waals surface area (Å²) >= 11 is 1.41. The molecule has 0 fully saturated rings. The first-order valence-corrected chi connectivity index (χ1v) is 10.9. The molecule has 2 heterocycles. The Morgan fingerprint density at radius 1 is 1.19 bits per heavy atom. The monoisotopic (exact) mass is 433 g/mol. The Hall–Kier alpha value is -3.45. The molecule has 7 heteroatoms. The molecule has 0 aliphatic carbocycles. The summed E-state index contributed by atoms with van der Waals surface area (Å²) in [4.78, 5) is 18.2. The maximum absolute atomic E-state index is 11.9. The molecule has 6 nitrogen and oxygen atoms in total. The van der Waals surface area contributed by atoms with Crippen molar-refractivity contribution in [2.75, 3.05) is 11.4 Å². The minimum Gasteiger partial charge on any atom is -0.510 e. The molecule has 0 unspecified atom stereocenters. The summed E-state index contributed by atoms with van der Waals surface area (Å²) in [5.41, 5.74) is 3.89. The molecule has 3 aromatic rings. The molecule has 2 N–H and O–H groups in total. The number of benzene rings is 2. The van der Waals surface area contributed by atoms with Crippen molar-refractivity contribution in [3.8, 4) is 11.3 Å². The average Bonchev–Trinajstić information content (AvgIpc) is 3.33. The van der Waals surface area contributed by atoms with Gasteiger partial charge in [0, 0.05) is 16.6 Å². The molecule has 1 aliphatic heterocycles. The molecule has 2 aromatic carbocycles. The van der Waals surface area contributed by atoms with Crippen molar-refractivity contribution in [1.29, 1.82) is 5.41 Å². The minimum absolute atomic E-state index is 0.128. The van der Waals surface area contributed by atoms with Crippen LogP contribution < -0.4 is 4.90 Å². The number of rotatable bonds is 6. The predicted molar refractivity (Wildman–Crippen MR) is 124 cm³/mol. The number of nitrogens with one attached hydrogen (secondary N) is 1. The molecular weight excluding hydrogens is 410 g/mol. The van der Waals surface area contributed by atoms with E-state index in [0.29, 0.717) is 10.6 Å². The highest BCUT2D eigenvalue weighted by atomic mass is 32.1. The smallest absolute Gasteiger partial charge is 0.310 e. The average molecular weight is 434 g/mol. The van der Waals surface area contributed by atoms with Gasteiger partial charge in [-0.3, -0.25) is 10.2 Å². The summed E-state index contributed by atoms with van der Waals surface area (Å²) in [5, 5.41) is 21.8. The van der Waals surface area contributed by atoms with E-state index in [1.165, 1.54) is 11.3 Å². The van der Waals surface area contributed by atoms with Crippen LogP contribution in [0, 0.1) is 5.41 Å². The van der Waals surface area contributed by atoms with Gasteiger partial charge in [-0.05, 0) is 31.5 Å². The van der Waals surface area contributed by atoms with Crippen molar-refractivity contribution in [3.05, 3.63) is 76.3 Å². The predicted octanol–water partition coefficient (Wildman–Crippen LogP) is 5.07. The number of nitrogens with zero attached hydrogens (tertiary/aromatic N) is 2. The van der Waals surface area contributed by atoms with Crippen LogP contribution in [0.3, 0.4) is 0 Å². The first-order chi connectivity index (χ1) is 14.9. The van der Waals surface area contributed by atoms with Crippen molar-refractivity contribution >= 4 is 34.4 Å². The first kappa shape index (κ1) is 20.8. The van der Waals surface area contributed by atoms with Gasteiger partial charge in [-0.2, -0.15) is 0 Å². The normalized spacial score (nSPS) is 13.9. The zero-order valence-corrected chi connectivity index (χ0v) is 18.1. The quantitative estimate of drug-likeness (QED) is 0.530. The standard InChI is InChI=1S/C24H23N3O3S/c1-15(2)30-21(29)12-16-8-10-18(11-9-16)27-13-20(28)22(23(27)25)24-26-19(14-31-24)17-6-4-3-5-7-17/h3-11,14-15,25,28H,12-13H2,1-2H3. The lowest BCUT2D eigenvalue weighted by Gasteiger charge is -2.19. The summed E-state index contributed by atoms with van der Waals surface area (Å²) < 4.78 is 5.18. The van der Waals surface area contributed by atoms with Crippen LogP contribution >= 0.6 is 11.3 Å². The Kier molecular flexibility index (Phi) is 5.86. The third kappa shape index (κ3) is 4.51. The van der Waals surface area contributed by atoms with E-state index < -0.39 is 0 Å². The van der Waals surface area contributed by atoms with Crippen molar-refractivity contribution in [2.45, 2.75) is 26.4 Å². The fourth-order valence-electron chi connectivity index (χ4n) is 3.42. The molecule has 0 spiro atoms. The molecule has 0 atom stereocenters. The fraction of sp³-hybridized carbons (Fsp3) is 0.208. The van der Waals surface area contributed by atoms with E-state index in [1.807, 2.05) is 73.8 Å². The van der Waals surface area contributed by atoms with Crippen LogP contribution in [0.4, 0.5) is 5.69 Å². The highest BCUT2D eigenvalue weighted by Gasteiger charge is 2.31. The first-order valence-electron chi connectivity index (χ1n) is 10.0. The third-order valence-corrected chi connectivity index (χ3v) is 5.71. The van der Waals surface area contributed by atoms with Crippen LogP contribution in [0.1, 0.15) is 24.4 Å². The number of carbonyl (C=O) groups is 1. The molecule has 0 saturated heterocycles. The lowest BCUT2D eigenvalue weighted by atomic mass is 10.1. The van der Waals surface area contributed by atoms with Crippen LogP contribution in [-0.2, 0) is 16.0 Å². The Morgan fingerprint density at radius 2 is 1.90 bits per heavy atom. The van der Waals surface area contributed by atoms with Gasteiger partial charge in [0.15, 0.2) is 0 Å². The van der Waals surface area contributed by atoms with Gasteiger partial charge in [0.05, 0.1) is 30.3 Å². The zero-order valence-electron chi connectivity index (χ0n) is 17.3. The number of amidine groups is 1. The zero-order chi connectivity index (χ0) is 22.0. The molecular formula is C24H23N3O3S. The Labute approximate surface area is 185 Å². The summed E-state index contributed by atoms with van der Waals surface area (Å²) in [6.07, 6.45) is 0.0593. The molecule has 158 valence electrons. The molecule has 0 saturated carbocycles. The Morgan fingerprint density at radius 3 is 2.58 bits per heavy atom. The number of thiazole rings is 1. The summed E-state index contributed by atoms with van der Waals surface area (Å²) in [6, 6.07) is 17.2. The van der Waals surface area contributed by atoms with Crippen LogP contribution in [0.2, 0.25) is 0 Å². The van der Waals surface area contributed by atoms with Crippen molar-refractivity contribution in [3.63, 3.8) is 0 Å². The van der Waals surface area contributed by atoms with E-state index in [2.05, 4.69) is 4.98 Å². The number of carbonyl (C=O) groups excluding carboxylic acids is 1. The topological polar surface area (TPSA) is 86.5 Å². The van der Waals surface area contributed by atoms with Crippen molar-refractivity contribution in [1.82, 2.24) is 4.98 Å². The molecule has 1 aromatic heterocycles. The Balaban J connectivity index is 1.49. The van der Waals surface area contributed by atoms with Crippen LogP contribution in [0.25, 0.3) is 16.8 Å². The highest BCUT2D eigenvalue weighted by Crippen LogP contribution is 2.34. The largest absolute Gasteiger partial charge is 0.510 e. The second kappa shape index (κ2) is 8.73. The number of hydrogen-bond donors (Lipinski definition) is 2. The van der Waals surface area contributed by atoms with E-state index in [0.717, 1.165) is 22.5 Å². The maximum atomic E-state index is 11.9. The number of esters is 1. The molecule has 1 aliphatic rings. The van der Waals surface area contributed by atoms with Crippen molar-refractivity contribution < 1.29 is 14.6 Å². The lowest BCUT2D eigenvalue weighted by molar-refractivity contribution is -0.146. The highest BCUT2D eigenvalue weighted by molar-refractivity contribution is 7.11. The molecule has 0 radical (unpaired) electrons. The van der Waals surface area contributed by atoms with Gasteiger partial charge in [0.25, 0.3) is 0 Å². The summed E-state index contributed by atoms with van der Waals surface area (Å²) in [7, 11) is 0. The van der Waals surface area contributed by atoms with Crippen LogP contribution in [0.15, 0.2) is 65.7 Å². The number of hydrogen-bond acceptors (Lipinski definition) is 6. The summed E-state index contributed by atoms with van der Waals surface area (Å²) in [5.74, 6) is 0.0678. The van der Waals surface area contributed by atoms with Crippen LogP contribution in [-0.4, -0.2) is 34.5 Å². The van der Waals surface area contributed by atoms with Crippen molar-refractivity contribution in [2.24, 2.45) is 0 Å². The summed E-state index contributed by atoms with van der Waals surface area (Å²) in [6.45, 7) is 3.85. The van der Waals surface area contributed by atoms with Gasteiger partial charge in [-0.25, -0.2) is 4.98 Å². The second-order valence-corrected chi connectivity index (χ2v) is 8.40. The molecule has 0 bridgehead atoms. The van der Waals surface area contributed by atoms with Gasteiger partial charge in [0.2, 0.25) is 0 Å². The molecule has 0 amide bonds. The lowest BCUT2D eigenvalue weighted by Crippen LogP contribution is -2.26. The molecule has 4 rings (SSSR count). The SMILES string of the molecule is CC(C)OC(=O)Cc1ccc(N2CC(O)=C(c3nc(-c4ccccc4)cs3)C2=N)cc1. The van der Waals surface area contributed by atoms with Gasteiger partial charge in [-0.1, -0.05) is 42.5 Å². The number of anilines is 1. The number of ether oxygens (including phenoxy) is 1. The number of aliphatic hydroxyl groups excluding tert-OH is 1. The van der Waals surface area contributed by atoms with Gasteiger partial charge < -0.3 is 14.7 Å². The Bertz CT molecular complexity index is 1130. The van der Waals surface area contributed by atoms with Crippen LogP contribution in [0.5, 0.6) is 0 Å². The van der Waals surface area contributed by atoms with Gasteiger partial charge >= 0.3 is 5.97 Å². The maximum Gasteiger partial charge on any atom is 0.310 e. The van der Waals surface area contributed by atoms with E-state index in [4.69, 9.17) is 10.1 Å². The fourth-order valence-corrected chi connectivity index (χ4v) is 4.32. The number of aliphatic hydroxyl groups is 1. The number of aromatic nitrogens is 1. The molecule has 31 heavy (non-hydrogen) atoms. The van der Waals surface area contributed by atoms with E-state index >= 15 is 0 Å². The van der Waals surface area contributed by atoms with Gasteiger partial charge in [0.1, 0.15) is 16.6 Å². The van der Waals surface area contributed by atoms with E-state index in [-0.39, 0.29) is 36.6 Å². The second-order valence-electron chi connectivity index (χ2n) is 7.54.